The molecule has 4 rings (SSSR count). The van der Waals surface area contributed by atoms with Gasteiger partial charge in [0.1, 0.15) is 0 Å². The Labute approximate surface area is 147 Å². The van der Waals surface area contributed by atoms with Gasteiger partial charge in [0.15, 0.2) is 11.2 Å². The van der Waals surface area contributed by atoms with Crippen molar-refractivity contribution in [2.24, 2.45) is 14.1 Å². The molecule has 3 aromatic heterocycles. The lowest BCUT2D eigenvalue weighted by Crippen LogP contribution is -2.37. The monoisotopic (exact) mass is 357 g/mol. The van der Waals surface area contributed by atoms with Crippen molar-refractivity contribution in [2.75, 3.05) is 0 Å². The van der Waals surface area contributed by atoms with E-state index >= 15 is 0 Å². The summed E-state index contributed by atoms with van der Waals surface area (Å²) in [5.41, 5.74) is 2.53. The van der Waals surface area contributed by atoms with E-state index in [1.165, 1.54) is 11.6 Å². The summed E-state index contributed by atoms with van der Waals surface area (Å²) in [5.74, 6) is 0.552. The van der Waals surface area contributed by atoms with Gasteiger partial charge < -0.3 is 0 Å². The maximum absolute atomic E-state index is 12.7. The first-order chi connectivity index (χ1) is 11.8. The Morgan fingerprint density at radius 2 is 1.68 bits per heavy atom. The topological polar surface area (TPSA) is 66.2 Å². The van der Waals surface area contributed by atoms with Gasteiger partial charge in [-0.15, -0.1) is 0 Å². The number of benzene rings is 1. The first-order valence-electron chi connectivity index (χ1n) is 7.75. The third-order valence-corrected chi connectivity index (χ3v) is 5.05. The second kappa shape index (κ2) is 5.10. The third kappa shape index (κ3) is 1.90. The molecule has 0 aliphatic heterocycles. The van der Waals surface area contributed by atoms with Crippen molar-refractivity contribution in [2.45, 2.75) is 13.8 Å². The van der Waals surface area contributed by atoms with Gasteiger partial charge in [0.05, 0.1) is 10.7 Å². The lowest BCUT2D eigenvalue weighted by Gasteiger charge is -2.08. The number of hydrogen-bond donors (Lipinski definition) is 0. The van der Waals surface area contributed by atoms with Crippen LogP contribution in [0.3, 0.4) is 0 Å². The number of fused-ring (bicyclic) bond motifs is 3. The fourth-order valence-corrected chi connectivity index (χ4v) is 3.47. The maximum Gasteiger partial charge on any atom is 0.332 e. The van der Waals surface area contributed by atoms with Crippen LogP contribution in [-0.2, 0) is 14.1 Å². The molecule has 1 aromatic carbocycles. The van der Waals surface area contributed by atoms with E-state index in [0.717, 1.165) is 21.6 Å². The van der Waals surface area contributed by atoms with Gasteiger partial charge in [-0.25, -0.2) is 4.79 Å². The molecule has 4 aromatic rings. The third-order valence-electron chi connectivity index (χ3n) is 4.73. The van der Waals surface area contributed by atoms with E-state index in [4.69, 9.17) is 11.6 Å². The lowest BCUT2D eigenvalue weighted by molar-refractivity contribution is 0.707. The number of imidazole rings is 2. The van der Waals surface area contributed by atoms with Gasteiger partial charge in [0, 0.05) is 25.5 Å². The van der Waals surface area contributed by atoms with E-state index in [-0.39, 0.29) is 5.56 Å². The van der Waals surface area contributed by atoms with Crippen molar-refractivity contribution in [3.05, 3.63) is 61.5 Å². The molecule has 25 heavy (non-hydrogen) atoms. The van der Waals surface area contributed by atoms with E-state index in [0.29, 0.717) is 22.0 Å². The van der Waals surface area contributed by atoms with Gasteiger partial charge in [-0.05, 0) is 26.0 Å². The number of aryl methyl sites for hydroxylation is 2. The summed E-state index contributed by atoms with van der Waals surface area (Å²) in [4.78, 5) is 29.5. The fourth-order valence-electron chi connectivity index (χ4n) is 3.25. The smallest absolute Gasteiger partial charge is 0.281 e. The predicted octanol–water partition coefficient (Wildman–Crippen LogP) is 1.95. The summed E-state index contributed by atoms with van der Waals surface area (Å²) in [6, 6.07) is 7.45. The molecule has 0 radical (unpaired) electrons. The average Bonchev–Trinajstić information content (AvgIpc) is 3.09. The van der Waals surface area contributed by atoms with Crippen LogP contribution in [0.15, 0.2) is 33.9 Å². The highest BCUT2D eigenvalue weighted by Gasteiger charge is 2.22. The molecule has 0 bridgehead atoms. The quantitative estimate of drug-likeness (QED) is 0.523. The number of para-hydroxylation sites is 1. The van der Waals surface area contributed by atoms with Crippen molar-refractivity contribution >= 4 is 28.5 Å². The van der Waals surface area contributed by atoms with Crippen molar-refractivity contribution in [3.8, 4) is 5.69 Å². The Morgan fingerprint density at radius 3 is 2.36 bits per heavy atom. The molecule has 0 saturated heterocycles. The van der Waals surface area contributed by atoms with Gasteiger partial charge in [-0.2, -0.15) is 4.98 Å². The molecule has 0 spiro atoms. The number of nitrogens with zero attached hydrogens (tertiary/aromatic N) is 5. The van der Waals surface area contributed by atoms with Crippen LogP contribution < -0.4 is 11.2 Å². The second-order valence-corrected chi connectivity index (χ2v) is 6.49. The zero-order chi connectivity index (χ0) is 18.0. The molecule has 0 fully saturated rings. The van der Waals surface area contributed by atoms with Gasteiger partial charge in [0.2, 0.25) is 5.78 Å². The first-order valence-corrected chi connectivity index (χ1v) is 8.13. The van der Waals surface area contributed by atoms with Crippen molar-refractivity contribution in [1.82, 2.24) is 23.1 Å². The summed E-state index contributed by atoms with van der Waals surface area (Å²) < 4.78 is 6.17. The van der Waals surface area contributed by atoms with Gasteiger partial charge in [-0.1, -0.05) is 23.7 Å². The first kappa shape index (κ1) is 15.7. The SMILES string of the molecule is Cc1c(C)n2c3c(=O)n(C)c(=O)n(C)c3nc2n1-c1ccccc1Cl. The molecule has 0 aliphatic carbocycles. The lowest BCUT2D eigenvalue weighted by atomic mass is 10.3. The molecule has 0 saturated carbocycles. The van der Waals surface area contributed by atoms with E-state index in [1.54, 1.807) is 17.5 Å². The van der Waals surface area contributed by atoms with Crippen LogP contribution >= 0.6 is 11.6 Å². The molecular formula is C17H16ClN5O2. The summed E-state index contributed by atoms with van der Waals surface area (Å²) in [5, 5.41) is 0.581. The fraction of sp³-hybridized carbons (Fsp3) is 0.235. The highest BCUT2D eigenvalue weighted by Crippen LogP contribution is 2.28. The zero-order valence-electron chi connectivity index (χ0n) is 14.2. The molecule has 3 heterocycles. The van der Waals surface area contributed by atoms with Crippen LogP contribution in [0.1, 0.15) is 11.4 Å². The number of halogens is 1. The molecule has 0 aliphatic rings. The molecule has 0 amide bonds. The number of hydrogen-bond acceptors (Lipinski definition) is 3. The molecule has 128 valence electrons. The molecule has 0 N–H and O–H groups in total. The minimum absolute atomic E-state index is 0.354. The van der Waals surface area contributed by atoms with E-state index in [9.17, 15) is 9.59 Å². The van der Waals surface area contributed by atoms with E-state index in [2.05, 4.69) is 4.98 Å². The summed E-state index contributed by atoms with van der Waals surface area (Å²) >= 11 is 6.37. The minimum atomic E-state index is -0.406. The molecule has 7 nitrogen and oxygen atoms in total. The Kier molecular flexibility index (Phi) is 3.20. The molecule has 0 unspecified atom stereocenters. The highest BCUT2D eigenvalue weighted by atomic mass is 35.5. The zero-order valence-corrected chi connectivity index (χ0v) is 15.0. The molecule has 8 heteroatoms. The average molecular weight is 358 g/mol. The van der Waals surface area contributed by atoms with Crippen LogP contribution in [0.25, 0.3) is 22.6 Å². The normalized spacial score (nSPS) is 11.7. The Morgan fingerprint density at radius 1 is 1.00 bits per heavy atom. The summed E-state index contributed by atoms with van der Waals surface area (Å²) in [6.07, 6.45) is 0. The maximum atomic E-state index is 12.7. The van der Waals surface area contributed by atoms with Crippen LogP contribution in [0.2, 0.25) is 5.02 Å². The highest BCUT2D eigenvalue weighted by molar-refractivity contribution is 6.32. The van der Waals surface area contributed by atoms with Crippen molar-refractivity contribution < 1.29 is 0 Å². The van der Waals surface area contributed by atoms with Crippen molar-refractivity contribution in [1.29, 1.82) is 0 Å². The van der Waals surface area contributed by atoms with Gasteiger partial charge >= 0.3 is 5.69 Å². The van der Waals surface area contributed by atoms with Crippen LogP contribution in [0.5, 0.6) is 0 Å². The van der Waals surface area contributed by atoms with Crippen LogP contribution in [-0.4, -0.2) is 23.1 Å². The minimum Gasteiger partial charge on any atom is -0.281 e. The van der Waals surface area contributed by atoms with Gasteiger partial charge in [-0.3, -0.25) is 22.9 Å². The summed E-state index contributed by atoms with van der Waals surface area (Å²) in [6.45, 7) is 3.87. The second-order valence-electron chi connectivity index (χ2n) is 6.08. The Bertz CT molecular complexity index is 1290. The number of rotatable bonds is 1. The standard InChI is InChI=1S/C17H16ClN5O2/c1-9-10(2)23-13-14(20(3)17(25)21(4)15(13)24)19-16(23)22(9)12-8-6-5-7-11(12)18/h5-8H,1-4H3. The summed E-state index contributed by atoms with van der Waals surface area (Å²) in [7, 11) is 3.08. The van der Waals surface area contributed by atoms with Crippen molar-refractivity contribution in [3.63, 3.8) is 0 Å². The molecule has 0 atom stereocenters. The van der Waals surface area contributed by atoms with E-state index < -0.39 is 5.69 Å². The largest absolute Gasteiger partial charge is 0.332 e. The van der Waals surface area contributed by atoms with E-state index in [1.807, 2.05) is 36.6 Å². The van der Waals surface area contributed by atoms with Gasteiger partial charge in [0.25, 0.3) is 5.56 Å². The van der Waals surface area contributed by atoms with Crippen LogP contribution in [0, 0.1) is 13.8 Å². The molecular weight excluding hydrogens is 342 g/mol. The Hall–Kier alpha value is -2.80. The Balaban J connectivity index is 2.30. The van der Waals surface area contributed by atoms with Crippen LogP contribution in [0.4, 0.5) is 0 Å². The predicted molar refractivity (Wildman–Crippen MR) is 97.0 cm³/mol. The number of aromatic nitrogens is 5.